The van der Waals surface area contributed by atoms with Crippen molar-refractivity contribution in [2.75, 3.05) is 17.7 Å². The molecular formula is C17H15N5O2S2. The second-order valence-electron chi connectivity index (χ2n) is 5.43. The number of ether oxygens (including phenoxy) is 1. The summed E-state index contributed by atoms with van der Waals surface area (Å²) in [6.07, 6.45) is 0. The number of rotatable bonds is 6. The third-order valence-corrected chi connectivity index (χ3v) is 5.06. The molecule has 0 atom stereocenters. The van der Waals surface area contributed by atoms with Crippen LogP contribution in [-0.2, 0) is 4.79 Å². The van der Waals surface area contributed by atoms with Gasteiger partial charge in [0.25, 0.3) is 0 Å². The number of nitrogens with zero attached hydrogens (tertiary/aromatic N) is 3. The van der Waals surface area contributed by atoms with Gasteiger partial charge >= 0.3 is 0 Å². The van der Waals surface area contributed by atoms with E-state index in [0.717, 1.165) is 34.0 Å². The second-order valence-corrected chi connectivity index (χ2v) is 6.92. The summed E-state index contributed by atoms with van der Waals surface area (Å²) in [6, 6.07) is 11.2. The Kier molecular flexibility index (Phi) is 4.72. The third-order valence-electron chi connectivity index (χ3n) is 3.64. The molecule has 1 amide bonds. The molecule has 0 aliphatic carbocycles. The van der Waals surface area contributed by atoms with Crippen molar-refractivity contribution in [3.63, 3.8) is 0 Å². The van der Waals surface area contributed by atoms with Gasteiger partial charge in [0.2, 0.25) is 5.91 Å². The fourth-order valence-corrected chi connectivity index (χ4v) is 3.75. The van der Waals surface area contributed by atoms with Gasteiger partial charge < -0.3 is 15.0 Å². The van der Waals surface area contributed by atoms with Crippen LogP contribution in [0.25, 0.3) is 22.1 Å². The monoisotopic (exact) mass is 385 g/mol. The molecule has 0 saturated carbocycles. The van der Waals surface area contributed by atoms with E-state index in [0.29, 0.717) is 23.0 Å². The van der Waals surface area contributed by atoms with Crippen LogP contribution in [0.4, 0.5) is 5.69 Å². The minimum absolute atomic E-state index is 0.119. The lowest BCUT2D eigenvalue weighted by molar-refractivity contribution is -0.113. The number of H-pyrrole nitrogens is 1. The van der Waals surface area contributed by atoms with Gasteiger partial charge in [0.05, 0.1) is 40.8 Å². The number of nitrogens with one attached hydrogen (secondary N) is 2. The number of amides is 1. The summed E-state index contributed by atoms with van der Waals surface area (Å²) in [5.74, 6) is 0.917. The van der Waals surface area contributed by atoms with Crippen molar-refractivity contribution in [3.8, 4) is 5.75 Å². The molecule has 2 heterocycles. The number of thioether (sulfide) groups is 1. The molecule has 0 fully saturated rings. The van der Waals surface area contributed by atoms with Crippen molar-refractivity contribution in [1.29, 1.82) is 0 Å². The van der Waals surface area contributed by atoms with Crippen molar-refractivity contribution in [3.05, 3.63) is 36.4 Å². The highest BCUT2D eigenvalue weighted by atomic mass is 32.2. The molecule has 0 aliphatic rings. The predicted octanol–water partition coefficient (Wildman–Crippen LogP) is 3.70. The van der Waals surface area contributed by atoms with Gasteiger partial charge in [-0.25, -0.2) is 4.98 Å². The van der Waals surface area contributed by atoms with E-state index in [4.69, 9.17) is 4.74 Å². The number of benzene rings is 2. The van der Waals surface area contributed by atoms with E-state index in [-0.39, 0.29) is 11.7 Å². The van der Waals surface area contributed by atoms with E-state index >= 15 is 0 Å². The Labute approximate surface area is 157 Å². The van der Waals surface area contributed by atoms with E-state index in [9.17, 15) is 4.79 Å². The highest BCUT2D eigenvalue weighted by Gasteiger charge is 2.11. The molecule has 0 bridgehead atoms. The first kappa shape index (κ1) is 16.8. The highest BCUT2D eigenvalue weighted by Crippen LogP contribution is 2.24. The Morgan fingerprint density at radius 3 is 3.08 bits per heavy atom. The summed E-state index contributed by atoms with van der Waals surface area (Å²) in [5, 5.41) is 3.58. The van der Waals surface area contributed by atoms with Gasteiger partial charge in [0, 0.05) is 6.07 Å². The van der Waals surface area contributed by atoms with Crippen molar-refractivity contribution in [2.45, 2.75) is 12.1 Å². The smallest absolute Gasteiger partial charge is 0.234 e. The fourth-order valence-electron chi connectivity index (χ4n) is 2.52. The number of aromatic amines is 1. The molecule has 2 aromatic heterocycles. The quantitative estimate of drug-likeness (QED) is 0.492. The molecule has 0 unspecified atom stereocenters. The van der Waals surface area contributed by atoms with Crippen LogP contribution in [0.3, 0.4) is 0 Å². The summed E-state index contributed by atoms with van der Waals surface area (Å²) in [5.41, 5.74) is 3.89. The predicted molar refractivity (Wildman–Crippen MR) is 104 cm³/mol. The van der Waals surface area contributed by atoms with Gasteiger partial charge in [-0.2, -0.15) is 8.75 Å². The topological polar surface area (TPSA) is 92.8 Å². The Morgan fingerprint density at radius 2 is 2.19 bits per heavy atom. The van der Waals surface area contributed by atoms with Gasteiger partial charge in [-0.15, -0.1) is 0 Å². The summed E-state index contributed by atoms with van der Waals surface area (Å²) in [4.78, 5) is 20.0. The summed E-state index contributed by atoms with van der Waals surface area (Å²) >= 11 is 2.48. The van der Waals surface area contributed by atoms with Gasteiger partial charge in [-0.1, -0.05) is 17.8 Å². The van der Waals surface area contributed by atoms with Crippen LogP contribution < -0.4 is 10.1 Å². The first-order chi connectivity index (χ1) is 12.7. The summed E-state index contributed by atoms with van der Waals surface area (Å²) in [6.45, 7) is 2.56. The minimum atomic E-state index is -0.119. The van der Waals surface area contributed by atoms with E-state index in [1.165, 1.54) is 11.8 Å². The lowest BCUT2D eigenvalue weighted by atomic mass is 10.2. The number of anilines is 1. The van der Waals surface area contributed by atoms with E-state index < -0.39 is 0 Å². The first-order valence-electron chi connectivity index (χ1n) is 7.99. The van der Waals surface area contributed by atoms with Crippen LogP contribution in [0.5, 0.6) is 5.75 Å². The Bertz CT molecular complexity index is 1080. The van der Waals surface area contributed by atoms with Crippen LogP contribution in [0.2, 0.25) is 0 Å². The lowest BCUT2D eigenvalue weighted by Crippen LogP contribution is -2.14. The zero-order valence-corrected chi connectivity index (χ0v) is 15.5. The first-order valence-corrected chi connectivity index (χ1v) is 9.71. The third kappa shape index (κ3) is 3.49. The molecule has 26 heavy (non-hydrogen) atoms. The van der Waals surface area contributed by atoms with Gasteiger partial charge in [-0.05, 0) is 31.2 Å². The van der Waals surface area contributed by atoms with Gasteiger partial charge in [-0.3, -0.25) is 4.79 Å². The van der Waals surface area contributed by atoms with Crippen LogP contribution in [0, 0.1) is 0 Å². The molecule has 0 spiro atoms. The van der Waals surface area contributed by atoms with Gasteiger partial charge in [0.15, 0.2) is 5.16 Å². The minimum Gasteiger partial charge on any atom is -0.494 e. The number of imidazole rings is 1. The molecule has 132 valence electrons. The number of aromatic nitrogens is 4. The standard InChI is InChI=1S/C17H15N5O2S2/c1-2-24-10-6-7-11-14(8-10)20-17(19-11)25-9-15(23)18-12-4-3-5-13-16(12)22-26-21-13/h3-8H,2,9H2,1H3,(H,18,23)(H,19,20). The number of carbonyl (C=O) groups is 1. The Hall–Kier alpha value is -2.65. The van der Waals surface area contributed by atoms with Crippen molar-refractivity contribution >= 4 is 57.2 Å². The normalized spacial score (nSPS) is 11.1. The zero-order valence-electron chi connectivity index (χ0n) is 13.9. The molecule has 7 nitrogen and oxygen atoms in total. The molecular weight excluding hydrogens is 370 g/mol. The maximum absolute atomic E-state index is 12.3. The van der Waals surface area contributed by atoms with E-state index in [1.54, 1.807) is 0 Å². The second kappa shape index (κ2) is 7.30. The number of fused-ring (bicyclic) bond motifs is 2. The Morgan fingerprint density at radius 1 is 1.27 bits per heavy atom. The molecule has 4 aromatic rings. The fraction of sp³-hybridized carbons (Fsp3) is 0.176. The number of hydrogen-bond donors (Lipinski definition) is 2. The Balaban J connectivity index is 1.42. The molecule has 0 aliphatic heterocycles. The van der Waals surface area contributed by atoms with Crippen LogP contribution in [-0.4, -0.2) is 37.0 Å². The molecule has 2 aromatic carbocycles. The lowest BCUT2D eigenvalue weighted by Gasteiger charge is -2.04. The maximum Gasteiger partial charge on any atom is 0.234 e. The van der Waals surface area contributed by atoms with E-state index in [2.05, 4.69) is 24.0 Å². The van der Waals surface area contributed by atoms with Crippen molar-refractivity contribution < 1.29 is 9.53 Å². The van der Waals surface area contributed by atoms with Gasteiger partial charge in [0.1, 0.15) is 16.8 Å². The van der Waals surface area contributed by atoms with E-state index in [1.807, 2.05) is 43.3 Å². The molecule has 4 rings (SSSR count). The van der Waals surface area contributed by atoms with Crippen LogP contribution in [0.15, 0.2) is 41.6 Å². The average Bonchev–Trinajstić information content (AvgIpc) is 3.27. The maximum atomic E-state index is 12.3. The average molecular weight is 385 g/mol. The molecule has 2 N–H and O–H groups in total. The molecule has 0 saturated heterocycles. The zero-order chi connectivity index (χ0) is 17.9. The largest absolute Gasteiger partial charge is 0.494 e. The highest BCUT2D eigenvalue weighted by molar-refractivity contribution is 7.99. The SMILES string of the molecule is CCOc1ccc2nc(SCC(=O)Nc3cccc4nsnc34)[nH]c2c1. The van der Waals surface area contributed by atoms with Crippen LogP contribution >= 0.6 is 23.5 Å². The number of carbonyl (C=O) groups excluding carboxylic acids is 1. The van der Waals surface area contributed by atoms with Crippen LogP contribution in [0.1, 0.15) is 6.92 Å². The summed E-state index contributed by atoms with van der Waals surface area (Å²) < 4.78 is 13.9. The molecule has 9 heteroatoms. The molecule has 0 radical (unpaired) electrons. The van der Waals surface area contributed by atoms with Crippen molar-refractivity contribution in [2.24, 2.45) is 0 Å². The summed E-state index contributed by atoms with van der Waals surface area (Å²) in [7, 11) is 0. The van der Waals surface area contributed by atoms with Crippen molar-refractivity contribution in [1.82, 2.24) is 18.7 Å². The number of hydrogen-bond acceptors (Lipinski definition) is 7.